The normalized spacial score (nSPS) is 16.8. The van der Waals surface area contributed by atoms with Gasteiger partial charge in [-0.1, -0.05) is 17.3 Å². The third-order valence-electron chi connectivity index (χ3n) is 7.09. The predicted molar refractivity (Wildman–Crippen MR) is 164 cm³/mol. The summed E-state index contributed by atoms with van der Waals surface area (Å²) in [7, 11) is -3.44. The number of aliphatic carboxylic acids is 1. The highest BCUT2D eigenvalue weighted by Gasteiger charge is 2.57. The molecule has 0 saturated carbocycles. The number of carbonyl (C=O) groups excluding carboxylic acids is 2. The number of benzene rings is 1. The number of nitrogen functional groups attached to an aromatic ring is 2. The Morgan fingerprint density at radius 1 is 1.28 bits per heavy atom. The van der Waals surface area contributed by atoms with Crippen LogP contribution in [0.4, 0.5) is 10.9 Å². The third-order valence-corrected chi connectivity index (χ3v) is 8.10. The fraction of sp³-hybridized carbons (Fsp3) is 0.385. The maximum atomic E-state index is 13.2. The van der Waals surface area contributed by atoms with E-state index in [-0.39, 0.29) is 10.8 Å². The van der Waals surface area contributed by atoms with E-state index in [1.807, 2.05) is 22.6 Å². The number of nitrogens with two attached hydrogens (primary N) is 3. The number of anilines is 2. The molecule has 0 unspecified atom stereocenters. The van der Waals surface area contributed by atoms with Gasteiger partial charge < -0.3 is 36.0 Å². The van der Waals surface area contributed by atoms with Crippen molar-refractivity contribution in [3.05, 3.63) is 41.5 Å². The molecule has 2 atom stereocenters. The van der Waals surface area contributed by atoms with Crippen molar-refractivity contribution in [2.24, 2.45) is 17.9 Å². The molecule has 0 radical (unpaired) electrons. The Balaban J connectivity index is 1.46. The van der Waals surface area contributed by atoms with Gasteiger partial charge in [-0.2, -0.15) is 14.0 Å². The lowest BCUT2D eigenvalue weighted by Gasteiger charge is -2.51. The summed E-state index contributed by atoms with van der Waals surface area (Å²) in [6.07, 6.45) is 0.978. The molecule has 254 valence electrons. The molecule has 1 fully saturated rings. The summed E-state index contributed by atoms with van der Waals surface area (Å²) in [6, 6.07) is 5.38. The maximum absolute atomic E-state index is 13.2. The fourth-order valence-electron chi connectivity index (χ4n) is 4.49. The number of aromatic nitrogens is 3. The van der Waals surface area contributed by atoms with E-state index < -0.39 is 58.2 Å². The van der Waals surface area contributed by atoms with Crippen molar-refractivity contribution in [1.29, 1.82) is 0 Å². The van der Waals surface area contributed by atoms with Crippen molar-refractivity contribution in [3.63, 3.8) is 0 Å². The number of hydrogen-bond acceptors (Lipinski definition) is 15. The van der Waals surface area contributed by atoms with Crippen LogP contribution in [0.5, 0.6) is 5.75 Å². The first-order valence-corrected chi connectivity index (χ1v) is 16.0. The number of hydrogen-bond donors (Lipinski definition) is 5. The van der Waals surface area contributed by atoms with E-state index in [2.05, 4.69) is 19.7 Å². The van der Waals surface area contributed by atoms with Crippen LogP contribution in [-0.4, -0.2) is 87.1 Å². The Morgan fingerprint density at radius 2 is 1.96 bits per heavy atom. The molecule has 1 saturated heterocycles. The van der Waals surface area contributed by atoms with Gasteiger partial charge in [-0.15, -0.1) is 11.3 Å². The van der Waals surface area contributed by atoms with Gasteiger partial charge in [0.05, 0.1) is 23.8 Å². The topological polar surface area (TPSA) is 284 Å². The summed E-state index contributed by atoms with van der Waals surface area (Å²) in [4.78, 5) is 46.8. The monoisotopic (exact) mass is 695 g/mol. The van der Waals surface area contributed by atoms with Gasteiger partial charge in [-0.3, -0.25) is 15.3 Å². The van der Waals surface area contributed by atoms with Crippen molar-refractivity contribution in [3.8, 4) is 16.9 Å². The standard InChI is InChI=1S/C26H33N9O10S2/c1-26(2)20(23(37)35(26)45-47(40,41)42)31-22(36)19(17-13-46-25(29)30-17)32-44-18(24(38)39)12-43-15-7-5-14(6-8-15)16-11-34(10-4-9-27)33(3)21(16)28/h5-8,11,13,18,20,28H,4,9-10,12,27H2,1-3H3,(H5,29,30,31,36,38,39,40,41,42)/b32-19-/t18-,20+/m0/s1. The average Bonchev–Trinajstić information content (AvgIpc) is 3.56. The van der Waals surface area contributed by atoms with Crippen LogP contribution in [0, 0.1) is 0 Å². The minimum Gasteiger partial charge on any atom is -0.724 e. The van der Waals surface area contributed by atoms with Crippen molar-refractivity contribution >= 4 is 56.2 Å². The molecule has 2 amide bonds. The van der Waals surface area contributed by atoms with Crippen molar-refractivity contribution in [1.82, 2.24) is 20.0 Å². The number of thiazole rings is 1. The Morgan fingerprint density at radius 3 is 2.51 bits per heavy atom. The molecule has 0 aliphatic carbocycles. The molecular formula is C26H33N9O10S2. The molecule has 1 aromatic carbocycles. The van der Waals surface area contributed by atoms with Gasteiger partial charge in [0.15, 0.2) is 10.8 Å². The molecule has 0 bridgehead atoms. The van der Waals surface area contributed by atoms with Crippen LogP contribution < -0.4 is 31.9 Å². The summed E-state index contributed by atoms with van der Waals surface area (Å²) in [5.41, 5.74) is 17.0. The first kappa shape index (κ1) is 35.0. The maximum Gasteiger partial charge on any atom is 0.351 e. The zero-order valence-electron chi connectivity index (χ0n) is 25.4. The largest absolute Gasteiger partial charge is 0.724 e. The zero-order valence-corrected chi connectivity index (χ0v) is 27.0. The predicted octanol–water partition coefficient (Wildman–Crippen LogP) is -1.30. The number of hydroxylamine groups is 2. The number of carboxylic acid groups (broad SMARTS) is 1. The first-order chi connectivity index (χ1) is 22.0. The summed E-state index contributed by atoms with van der Waals surface area (Å²) in [5.74, 6) is -2.70. The van der Waals surface area contributed by atoms with Crippen molar-refractivity contribution < 1.29 is 51.0 Å². The van der Waals surface area contributed by atoms with Crippen LogP contribution in [0.2, 0.25) is 0 Å². The number of ether oxygens (including phenoxy) is 1. The Kier molecular flexibility index (Phi) is 10.3. The van der Waals surface area contributed by atoms with Gasteiger partial charge in [0.2, 0.25) is 10.4 Å². The minimum absolute atomic E-state index is 0.0463. The summed E-state index contributed by atoms with van der Waals surface area (Å²) in [5, 5.41) is 17.5. The highest BCUT2D eigenvalue weighted by molar-refractivity contribution is 7.80. The van der Waals surface area contributed by atoms with Gasteiger partial charge in [-0.25, -0.2) is 22.9 Å². The molecule has 4 rings (SSSR count). The second kappa shape index (κ2) is 13.9. The molecule has 1 aliphatic heterocycles. The molecule has 3 heterocycles. The average molecular weight is 696 g/mol. The van der Waals surface area contributed by atoms with Crippen molar-refractivity contribution in [2.45, 2.75) is 44.5 Å². The highest BCUT2D eigenvalue weighted by Crippen LogP contribution is 2.33. The fourth-order valence-corrected chi connectivity index (χ4v) is 5.48. The molecule has 1 aliphatic rings. The molecule has 0 spiro atoms. The molecule has 3 aromatic rings. The van der Waals surface area contributed by atoms with Crippen LogP contribution in [0.1, 0.15) is 26.0 Å². The van der Waals surface area contributed by atoms with Gasteiger partial charge in [0.1, 0.15) is 31.1 Å². The van der Waals surface area contributed by atoms with E-state index in [1.165, 1.54) is 19.2 Å². The van der Waals surface area contributed by atoms with E-state index in [0.29, 0.717) is 29.7 Å². The number of rotatable bonds is 15. The third kappa shape index (κ3) is 7.94. The zero-order chi connectivity index (χ0) is 34.7. The number of nitrogens with one attached hydrogen (secondary N) is 1. The number of amides is 2. The first-order valence-electron chi connectivity index (χ1n) is 13.8. The Hall–Kier alpha value is -4.83. The number of oxime groups is 1. The van der Waals surface area contributed by atoms with Gasteiger partial charge in [-0.05, 0) is 44.5 Å². The number of carboxylic acids is 1. The van der Waals surface area contributed by atoms with Crippen LogP contribution >= 0.6 is 11.3 Å². The van der Waals surface area contributed by atoms with E-state index in [4.69, 9.17) is 26.8 Å². The number of β-lactam (4-membered cyclic amide) rings is 1. The van der Waals surface area contributed by atoms with E-state index in [9.17, 15) is 32.5 Å². The summed E-state index contributed by atoms with van der Waals surface area (Å²) in [6.45, 7) is 3.36. The van der Waals surface area contributed by atoms with E-state index in [0.717, 1.165) is 28.9 Å². The molecule has 21 heteroatoms. The van der Waals surface area contributed by atoms with Crippen LogP contribution in [0.25, 0.3) is 11.1 Å². The van der Waals surface area contributed by atoms with E-state index in [1.54, 1.807) is 24.3 Å². The Labute approximate surface area is 272 Å². The second-order valence-corrected chi connectivity index (χ2v) is 12.6. The Bertz CT molecular complexity index is 1790. The lowest BCUT2D eigenvalue weighted by Crippen LogP contribution is -2.76. The van der Waals surface area contributed by atoms with Gasteiger partial charge >= 0.3 is 11.8 Å². The minimum atomic E-state index is -5.27. The van der Waals surface area contributed by atoms with Crippen molar-refractivity contribution in [2.75, 3.05) is 24.6 Å². The number of carbonyl (C=O) groups is 3. The highest BCUT2D eigenvalue weighted by atomic mass is 32.3. The van der Waals surface area contributed by atoms with Gasteiger partial charge in [0.25, 0.3) is 17.9 Å². The second-order valence-electron chi connectivity index (χ2n) is 10.7. The molecular weight excluding hydrogens is 662 g/mol. The molecule has 8 N–H and O–H groups in total. The number of nitrogens with zero attached hydrogens (tertiary/aromatic N) is 5. The van der Waals surface area contributed by atoms with Crippen LogP contribution in [0.3, 0.4) is 0 Å². The van der Waals surface area contributed by atoms with Gasteiger partial charge in [0, 0.05) is 5.38 Å². The van der Waals surface area contributed by atoms with E-state index >= 15 is 0 Å². The van der Waals surface area contributed by atoms with Crippen LogP contribution in [0.15, 0.2) is 41.0 Å². The molecule has 19 nitrogen and oxygen atoms in total. The molecule has 2 aromatic heterocycles. The smallest absolute Gasteiger partial charge is 0.351 e. The lowest BCUT2D eigenvalue weighted by atomic mass is 9.84. The number of aryl methyl sites for hydroxylation is 1. The summed E-state index contributed by atoms with van der Waals surface area (Å²) >= 11 is 0.947. The quantitative estimate of drug-likeness (QED) is 0.0309. The summed E-state index contributed by atoms with van der Waals surface area (Å²) < 4.78 is 46.5. The van der Waals surface area contributed by atoms with Crippen LogP contribution in [-0.2, 0) is 47.5 Å². The SMILES string of the molecule is C[n+]1c(N)c(-c2ccc(OC[C@H](O/N=C(\C(=O)N[C@@H]3C(=O)N(OS(=O)(=O)[O-])C3(C)C)c3csc(N)n3)C(=O)O)cc2)cn1CCCN. The molecule has 47 heavy (non-hydrogen) atoms. The lowest BCUT2D eigenvalue weighted by molar-refractivity contribution is -0.740.